The van der Waals surface area contributed by atoms with E-state index in [2.05, 4.69) is 126 Å². The minimum atomic E-state index is 0.01000. The second-order valence-corrected chi connectivity index (χ2v) is 9.66. The quantitative estimate of drug-likeness (QED) is 0.215. The summed E-state index contributed by atoms with van der Waals surface area (Å²) in [5.74, 6) is 0. The van der Waals surface area contributed by atoms with Crippen LogP contribution in [-0.2, 0) is 5.41 Å². The molecule has 5 aromatic rings. The van der Waals surface area contributed by atoms with Crippen LogP contribution in [-0.4, -0.2) is 4.57 Å². The molecule has 0 saturated heterocycles. The Bertz CT molecular complexity index is 1440. The Kier molecular flexibility index (Phi) is 3.55. The number of halogens is 1. The van der Waals surface area contributed by atoms with E-state index < -0.39 is 0 Å². The van der Waals surface area contributed by atoms with Crippen LogP contribution in [0.4, 0.5) is 0 Å². The van der Waals surface area contributed by atoms with E-state index in [0.717, 1.165) is 0 Å². The molecule has 1 aliphatic rings. The van der Waals surface area contributed by atoms with E-state index in [0.29, 0.717) is 0 Å². The molecule has 1 aliphatic carbocycles. The fraction of sp³-hybridized carbons (Fsp3) is 0.111. The van der Waals surface area contributed by atoms with Crippen LogP contribution >= 0.6 is 22.6 Å². The number of nitrogens with zero attached hydrogens (tertiary/aromatic N) is 1. The Balaban J connectivity index is 1.67. The van der Waals surface area contributed by atoms with Gasteiger partial charge in [-0.2, -0.15) is 0 Å². The maximum absolute atomic E-state index is 2.42. The molecule has 0 atom stereocenters. The maximum Gasteiger partial charge on any atom is 0.0541 e. The first kappa shape index (κ1) is 17.3. The molecular weight excluding hydrogens is 465 g/mol. The number of para-hydroxylation sites is 1. The normalized spacial score (nSPS) is 14.3. The van der Waals surface area contributed by atoms with Crippen molar-refractivity contribution in [2.24, 2.45) is 0 Å². The number of benzene rings is 4. The van der Waals surface area contributed by atoms with Gasteiger partial charge in [0.25, 0.3) is 0 Å². The highest BCUT2D eigenvalue weighted by atomic mass is 127. The number of hydrogen-bond donors (Lipinski definition) is 0. The van der Waals surface area contributed by atoms with Crippen LogP contribution in [0.5, 0.6) is 0 Å². The Labute approximate surface area is 184 Å². The van der Waals surface area contributed by atoms with E-state index in [1.54, 1.807) is 0 Å². The minimum Gasteiger partial charge on any atom is -0.309 e. The number of aromatic nitrogens is 1. The van der Waals surface area contributed by atoms with Crippen molar-refractivity contribution in [1.29, 1.82) is 0 Å². The Hall–Kier alpha value is -2.59. The van der Waals surface area contributed by atoms with Crippen LogP contribution in [0.3, 0.4) is 0 Å². The van der Waals surface area contributed by atoms with Crippen LogP contribution in [0.25, 0.3) is 38.6 Å². The third-order valence-electron chi connectivity index (χ3n) is 6.46. The van der Waals surface area contributed by atoms with Crippen molar-refractivity contribution in [3.05, 3.63) is 99.6 Å². The molecule has 6 rings (SSSR count). The standard InChI is InChI=1S/C27H20IN/c1-27(2)23-9-5-3-7-19(23)20-13-12-18(16-24(20)27)29-25-10-6-4-8-21(25)22-15-17(28)11-14-26(22)29/h3-16H,1-2H3. The van der Waals surface area contributed by atoms with Gasteiger partial charge in [-0.05, 0) is 81.2 Å². The third-order valence-corrected chi connectivity index (χ3v) is 7.13. The molecule has 0 spiro atoms. The molecule has 140 valence electrons. The first-order chi connectivity index (χ1) is 14.1. The first-order valence-corrected chi connectivity index (χ1v) is 11.1. The summed E-state index contributed by atoms with van der Waals surface area (Å²) in [7, 11) is 0. The summed E-state index contributed by atoms with van der Waals surface area (Å²) in [6.45, 7) is 4.69. The summed E-state index contributed by atoms with van der Waals surface area (Å²) in [6, 6.07) is 31.3. The predicted molar refractivity (Wildman–Crippen MR) is 131 cm³/mol. The van der Waals surface area contributed by atoms with Crippen LogP contribution in [0, 0.1) is 3.57 Å². The average Bonchev–Trinajstić information content (AvgIpc) is 3.18. The second kappa shape index (κ2) is 5.96. The summed E-state index contributed by atoms with van der Waals surface area (Å²) < 4.78 is 3.68. The SMILES string of the molecule is CC1(C)c2ccccc2-c2ccc(-n3c4ccccc4c4cc(I)ccc43)cc21. The molecule has 0 amide bonds. The monoisotopic (exact) mass is 485 g/mol. The molecule has 0 bridgehead atoms. The van der Waals surface area contributed by atoms with Gasteiger partial charge in [-0.15, -0.1) is 0 Å². The Morgan fingerprint density at radius 1 is 0.655 bits per heavy atom. The lowest BCUT2D eigenvalue weighted by atomic mass is 9.82. The van der Waals surface area contributed by atoms with E-state index in [1.807, 2.05) is 0 Å². The topological polar surface area (TPSA) is 4.93 Å². The van der Waals surface area contributed by atoms with Crippen molar-refractivity contribution in [2.45, 2.75) is 19.3 Å². The highest BCUT2D eigenvalue weighted by molar-refractivity contribution is 14.1. The van der Waals surface area contributed by atoms with Crippen molar-refractivity contribution in [3.63, 3.8) is 0 Å². The van der Waals surface area contributed by atoms with Gasteiger partial charge >= 0.3 is 0 Å². The molecule has 1 heterocycles. The summed E-state index contributed by atoms with van der Waals surface area (Å²) in [5.41, 5.74) is 9.34. The molecule has 2 heteroatoms. The molecule has 0 N–H and O–H groups in total. The van der Waals surface area contributed by atoms with Crippen molar-refractivity contribution < 1.29 is 0 Å². The van der Waals surface area contributed by atoms with Gasteiger partial charge in [0.1, 0.15) is 0 Å². The van der Waals surface area contributed by atoms with Crippen LogP contribution in [0.2, 0.25) is 0 Å². The highest BCUT2D eigenvalue weighted by Gasteiger charge is 2.35. The fourth-order valence-corrected chi connectivity index (χ4v) is 5.55. The summed E-state index contributed by atoms with van der Waals surface area (Å²) >= 11 is 2.40. The fourth-order valence-electron chi connectivity index (χ4n) is 5.05. The molecule has 1 aromatic heterocycles. The number of fused-ring (bicyclic) bond motifs is 6. The third kappa shape index (κ3) is 2.32. The molecule has 4 aromatic carbocycles. The van der Waals surface area contributed by atoms with Crippen molar-refractivity contribution in [2.75, 3.05) is 0 Å². The number of hydrogen-bond acceptors (Lipinski definition) is 0. The molecule has 0 unspecified atom stereocenters. The Morgan fingerprint density at radius 2 is 1.38 bits per heavy atom. The van der Waals surface area contributed by atoms with Crippen LogP contribution < -0.4 is 0 Å². The number of rotatable bonds is 1. The zero-order valence-electron chi connectivity index (χ0n) is 16.4. The van der Waals surface area contributed by atoms with Crippen molar-refractivity contribution >= 4 is 44.4 Å². The lowest BCUT2D eigenvalue weighted by Gasteiger charge is -2.22. The van der Waals surface area contributed by atoms with E-state index in [9.17, 15) is 0 Å². The zero-order chi connectivity index (χ0) is 19.8. The second-order valence-electron chi connectivity index (χ2n) is 8.41. The van der Waals surface area contributed by atoms with Crippen LogP contribution in [0.1, 0.15) is 25.0 Å². The molecule has 0 aliphatic heterocycles. The predicted octanol–water partition coefficient (Wildman–Crippen LogP) is 7.69. The van der Waals surface area contributed by atoms with Gasteiger partial charge in [-0.1, -0.05) is 62.4 Å². The summed E-state index contributed by atoms with van der Waals surface area (Å²) in [5, 5.41) is 2.62. The zero-order valence-corrected chi connectivity index (χ0v) is 18.6. The molecule has 1 nitrogen and oxygen atoms in total. The van der Waals surface area contributed by atoms with Gasteiger partial charge in [-0.25, -0.2) is 0 Å². The van der Waals surface area contributed by atoms with Crippen molar-refractivity contribution in [1.82, 2.24) is 4.57 Å². The summed E-state index contributed by atoms with van der Waals surface area (Å²) in [4.78, 5) is 0. The maximum atomic E-state index is 2.42. The molecule has 29 heavy (non-hydrogen) atoms. The van der Waals surface area contributed by atoms with Gasteiger partial charge in [0, 0.05) is 25.4 Å². The van der Waals surface area contributed by atoms with E-state index >= 15 is 0 Å². The van der Waals surface area contributed by atoms with Gasteiger partial charge < -0.3 is 4.57 Å². The average molecular weight is 485 g/mol. The summed E-state index contributed by atoms with van der Waals surface area (Å²) in [6.07, 6.45) is 0. The minimum absolute atomic E-state index is 0.01000. The van der Waals surface area contributed by atoms with Gasteiger partial charge in [-0.3, -0.25) is 0 Å². The van der Waals surface area contributed by atoms with Gasteiger partial charge in [0.05, 0.1) is 11.0 Å². The lowest BCUT2D eigenvalue weighted by molar-refractivity contribution is 0.660. The first-order valence-electron chi connectivity index (χ1n) is 9.99. The molecule has 0 saturated carbocycles. The largest absolute Gasteiger partial charge is 0.309 e. The Morgan fingerprint density at radius 3 is 2.28 bits per heavy atom. The molecule has 0 radical (unpaired) electrons. The van der Waals surface area contributed by atoms with Crippen molar-refractivity contribution in [3.8, 4) is 16.8 Å². The van der Waals surface area contributed by atoms with Gasteiger partial charge in [0.15, 0.2) is 0 Å². The molecule has 0 fully saturated rings. The highest BCUT2D eigenvalue weighted by Crippen LogP contribution is 2.49. The lowest BCUT2D eigenvalue weighted by Crippen LogP contribution is -2.15. The van der Waals surface area contributed by atoms with Crippen LogP contribution in [0.15, 0.2) is 84.9 Å². The molecular formula is C27H20IN. The van der Waals surface area contributed by atoms with E-state index in [1.165, 1.54) is 53.3 Å². The van der Waals surface area contributed by atoms with E-state index in [-0.39, 0.29) is 5.41 Å². The smallest absolute Gasteiger partial charge is 0.0541 e. The van der Waals surface area contributed by atoms with Gasteiger partial charge in [0.2, 0.25) is 0 Å². The van der Waals surface area contributed by atoms with E-state index in [4.69, 9.17) is 0 Å².